The Kier molecular flexibility index (Phi) is 7.44. The van der Waals surface area contributed by atoms with E-state index in [1.807, 2.05) is 38.7 Å². The minimum atomic E-state index is -0.533. The molecule has 0 radical (unpaired) electrons. The van der Waals surface area contributed by atoms with E-state index in [0.29, 0.717) is 26.2 Å². The van der Waals surface area contributed by atoms with Crippen LogP contribution in [0.5, 0.6) is 0 Å². The molecule has 0 aromatic heterocycles. The van der Waals surface area contributed by atoms with E-state index in [-0.39, 0.29) is 23.6 Å². The molecule has 1 saturated heterocycles. The van der Waals surface area contributed by atoms with Crippen molar-refractivity contribution in [1.82, 2.24) is 15.1 Å². The molecule has 7 heteroatoms. The Morgan fingerprint density at radius 1 is 1.12 bits per heavy atom. The highest BCUT2D eigenvalue weighted by molar-refractivity contribution is 5.97. The summed E-state index contributed by atoms with van der Waals surface area (Å²) >= 11 is 0. The summed E-state index contributed by atoms with van der Waals surface area (Å²) < 4.78 is 5.41. The van der Waals surface area contributed by atoms with Gasteiger partial charge in [-0.3, -0.25) is 4.79 Å². The molecule has 7 nitrogen and oxygen atoms in total. The molecular weight excluding hydrogens is 404 g/mol. The number of hydrogen-bond donors (Lipinski definition) is 1. The van der Waals surface area contributed by atoms with Gasteiger partial charge in [-0.05, 0) is 70.1 Å². The molecule has 0 spiro atoms. The molecule has 1 heterocycles. The van der Waals surface area contributed by atoms with Gasteiger partial charge >= 0.3 is 6.09 Å². The van der Waals surface area contributed by atoms with Gasteiger partial charge in [0.1, 0.15) is 17.2 Å². The first-order valence-electron chi connectivity index (χ1n) is 11.4. The molecule has 1 unspecified atom stereocenters. The van der Waals surface area contributed by atoms with Crippen LogP contribution in [-0.4, -0.2) is 53.6 Å². The number of carbonyl (C=O) groups is 2. The second kappa shape index (κ2) is 10.1. The van der Waals surface area contributed by atoms with Gasteiger partial charge in [-0.1, -0.05) is 18.2 Å². The van der Waals surface area contributed by atoms with Crippen LogP contribution >= 0.6 is 0 Å². The third kappa shape index (κ3) is 6.25. The van der Waals surface area contributed by atoms with Gasteiger partial charge in [0.15, 0.2) is 0 Å². The molecule has 0 saturated carbocycles. The lowest BCUT2D eigenvalue weighted by molar-refractivity contribution is -0.117. The molecule has 0 bridgehead atoms. The maximum Gasteiger partial charge on any atom is 0.410 e. The largest absolute Gasteiger partial charge is 0.444 e. The van der Waals surface area contributed by atoms with Crippen LogP contribution in [0, 0.1) is 11.3 Å². The second-order valence-corrected chi connectivity index (χ2v) is 9.59. The van der Waals surface area contributed by atoms with Crippen LogP contribution in [0.15, 0.2) is 30.0 Å². The fraction of sp³-hybridized carbons (Fsp3) is 0.560. The number of hydrogen-bond acceptors (Lipinski definition) is 5. The molecule has 1 aliphatic carbocycles. The van der Waals surface area contributed by atoms with E-state index in [0.717, 1.165) is 18.4 Å². The fourth-order valence-electron chi connectivity index (χ4n) is 4.06. The van der Waals surface area contributed by atoms with Gasteiger partial charge in [-0.2, -0.15) is 5.26 Å². The summed E-state index contributed by atoms with van der Waals surface area (Å²) in [5.74, 6) is -0.382. The van der Waals surface area contributed by atoms with Crippen molar-refractivity contribution in [3.05, 3.63) is 46.7 Å². The van der Waals surface area contributed by atoms with Crippen molar-refractivity contribution < 1.29 is 14.3 Å². The summed E-state index contributed by atoms with van der Waals surface area (Å²) in [6.07, 6.45) is 5.92. The van der Waals surface area contributed by atoms with Crippen molar-refractivity contribution in [3.8, 4) is 6.07 Å². The lowest BCUT2D eigenvalue weighted by Gasteiger charge is -2.35. The predicted octanol–water partition coefficient (Wildman–Crippen LogP) is 3.70. The predicted molar refractivity (Wildman–Crippen MR) is 123 cm³/mol. The summed E-state index contributed by atoms with van der Waals surface area (Å²) in [6, 6.07) is 8.26. The Hall–Kier alpha value is -3.01. The second-order valence-electron chi connectivity index (χ2n) is 9.59. The molecule has 3 rings (SSSR count). The molecule has 1 N–H and O–H groups in total. The molecule has 2 aliphatic rings. The molecule has 32 heavy (non-hydrogen) atoms. The minimum Gasteiger partial charge on any atom is -0.444 e. The van der Waals surface area contributed by atoms with E-state index >= 15 is 0 Å². The maximum atomic E-state index is 12.7. The zero-order chi connectivity index (χ0) is 23.3. The number of nitriles is 1. The molecule has 1 fully saturated rings. The van der Waals surface area contributed by atoms with Crippen LogP contribution in [0.3, 0.4) is 0 Å². The first-order valence-corrected chi connectivity index (χ1v) is 11.4. The Labute approximate surface area is 191 Å². The van der Waals surface area contributed by atoms with Crippen molar-refractivity contribution in [2.45, 2.75) is 65.0 Å². The molecule has 172 valence electrons. The van der Waals surface area contributed by atoms with Crippen molar-refractivity contribution in [2.24, 2.45) is 0 Å². The number of carbonyl (C=O) groups excluding carboxylic acids is 2. The topological polar surface area (TPSA) is 85.7 Å². The molecule has 1 aromatic rings. The average Bonchev–Trinajstić information content (AvgIpc) is 2.76. The molecule has 1 atom stereocenters. The average molecular weight is 439 g/mol. The Balaban J connectivity index is 1.56. The minimum absolute atomic E-state index is 0.0699. The fourth-order valence-corrected chi connectivity index (χ4v) is 4.06. The zero-order valence-electron chi connectivity index (χ0n) is 19.6. The van der Waals surface area contributed by atoms with Crippen LogP contribution in [0.1, 0.15) is 63.3 Å². The molecular formula is C25H34N4O3. The normalized spacial score (nSPS) is 17.8. The van der Waals surface area contributed by atoms with Gasteiger partial charge in [0.05, 0.1) is 6.04 Å². The van der Waals surface area contributed by atoms with E-state index in [1.54, 1.807) is 11.1 Å². The van der Waals surface area contributed by atoms with E-state index in [9.17, 15) is 14.9 Å². The number of aryl methyl sites for hydroxylation is 2. The highest BCUT2D eigenvalue weighted by atomic mass is 16.6. The van der Waals surface area contributed by atoms with Crippen LogP contribution in [0.4, 0.5) is 4.79 Å². The lowest BCUT2D eigenvalue weighted by Crippen LogP contribution is -2.48. The smallest absolute Gasteiger partial charge is 0.410 e. The number of nitrogens with zero attached hydrogens (tertiary/aromatic N) is 3. The summed E-state index contributed by atoms with van der Waals surface area (Å²) in [6.45, 7) is 9.51. The van der Waals surface area contributed by atoms with Gasteiger partial charge in [-0.15, -0.1) is 0 Å². The third-order valence-electron chi connectivity index (χ3n) is 5.86. The SMILES string of the molecule is CC(NC(=O)/C(C#N)=C\N1CCN(C(=O)OC(C)(C)C)CC1)c1ccc2c(c1)CCCC2. The Bertz CT molecular complexity index is 918. The number of rotatable bonds is 4. The monoisotopic (exact) mass is 438 g/mol. The number of piperazine rings is 1. The van der Waals surface area contributed by atoms with Crippen molar-refractivity contribution >= 4 is 12.0 Å². The van der Waals surface area contributed by atoms with Crippen LogP contribution < -0.4 is 5.32 Å². The van der Waals surface area contributed by atoms with E-state index in [1.165, 1.54) is 24.0 Å². The lowest BCUT2D eigenvalue weighted by atomic mass is 9.89. The van der Waals surface area contributed by atoms with Crippen molar-refractivity contribution in [2.75, 3.05) is 26.2 Å². The molecule has 1 aliphatic heterocycles. The zero-order valence-corrected chi connectivity index (χ0v) is 19.6. The number of nitrogens with one attached hydrogen (secondary N) is 1. The van der Waals surface area contributed by atoms with E-state index in [2.05, 4.69) is 23.5 Å². The molecule has 2 amide bonds. The summed E-state index contributed by atoms with van der Waals surface area (Å²) in [4.78, 5) is 28.5. The van der Waals surface area contributed by atoms with Crippen molar-refractivity contribution in [3.63, 3.8) is 0 Å². The van der Waals surface area contributed by atoms with Crippen LogP contribution in [0.2, 0.25) is 0 Å². The number of benzene rings is 1. The van der Waals surface area contributed by atoms with Gasteiger partial charge in [0, 0.05) is 32.4 Å². The summed E-state index contributed by atoms with van der Waals surface area (Å²) in [5, 5.41) is 12.5. The highest BCUT2D eigenvalue weighted by Crippen LogP contribution is 2.25. The first kappa shape index (κ1) is 23.6. The standard InChI is InChI=1S/C25H34N4O3/c1-18(20-10-9-19-7-5-6-8-21(19)15-20)27-23(30)22(16-26)17-28-11-13-29(14-12-28)24(31)32-25(2,3)4/h9-10,15,17-18H,5-8,11-14H2,1-4H3,(H,27,30)/b22-17-. The highest BCUT2D eigenvalue weighted by Gasteiger charge is 2.26. The third-order valence-corrected chi connectivity index (χ3v) is 5.86. The quantitative estimate of drug-likeness (QED) is 0.572. The van der Waals surface area contributed by atoms with Crippen LogP contribution in [-0.2, 0) is 22.4 Å². The Morgan fingerprint density at radius 3 is 2.41 bits per heavy atom. The maximum absolute atomic E-state index is 12.7. The summed E-state index contributed by atoms with van der Waals surface area (Å²) in [7, 11) is 0. The number of fused-ring (bicyclic) bond motifs is 1. The summed E-state index contributed by atoms with van der Waals surface area (Å²) in [5.41, 5.74) is 3.37. The molecule has 1 aromatic carbocycles. The van der Waals surface area contributed by atoms with Gasteiger partial charge in [-0.25, -0.2) is 4.79 Å². The van der Waals surface area contributed by atoms with Gasteiger partial charge < -0.3 is 19.9 Å². The van der Waals surface area contributed by atoms with Gasteiger partial charge in [0.2, 0.25) is 0 Å². The van der Waals surface area contributed by atoms with Gasteiger partial charge in [0.25, 0.3) is 5.91 Å². The van der Waals surface area contributed by atoms with Crippen LogP contribution in [0.25, 0.3) is 0 Å². The Morgan fingerprint density at radius 2 is 1.78 bits per heavy atom. The number of ether oxygens (including phenoxy) is 1. The number of amides is 2. The van der Waals surface area contributed by atoms with E-state index in [4.69, 9.17) is 4.74 Å². The van der Waals surface area contributed by atoms with Crippen molar-refractivity contribution in [1.29, 1.82) is 5.26 Å². The van der Waals surface area contributed by atoms with E-state index < -0.39 is 5.60 Å². The first-order chi connectivity index (χ1) is 15.2.